The number of amides is 1. The molecule has 0 saturated carbocycles. The van der Waals surface area contributed by atoms with Crippen LogP contribution >= 0.6 is 23.2 Å². The summed E-state index contributed by atoms with van der Waals surface area (Å²) in [6.45, 7) is 1.31. The number of sulfonamides is 1. The SMILES string of the molecule is Cc1ccc(S(=O)(=O)N(CC(=O)Nc2ccc(Cl)cc2C(=O)c2ccccc2)c2ccc(Cl)cc2)cc1. The lowest BCUT2D eigenvalue weighted by Gasteiger charge is -2.24. The lowest BCUT2D eigenvalue weighted by Crippen LogP contribution is -2.38. The summed E-state index contributed by atoms with van der Waals surface area (Å²) >= 11 is 12.1. The smallest absolute Gasteiger partial charge is 0.264 e. The van der Waals surface area contributed by atoms with Crippen LogP contribution in [-0.2, 0) is 14.8 Å². The average Bonchev–Trinajstić information content (AvgIpc) is 2.89. The summed E-state index contributed by atoms with van der Waals surface area (Å²) in [5.74, 6) is -0.977. The van der Waals surface area contributed by atoms with Crippen LogP contribution in [0.1, 0.15) is 21.5 Å². The molecule has 37 heavy (non-hydrogen) atoms. The number of nitrogens with zero attached hydrogens (tertiary/aromatic N) is 1. The highest BCUT2D eigenvalue weighted by atomic mass is 35.5. The van der Waals surface area contributed by atoms with E-state index in [9.17, 15) is 18.0 Å². The lowest BCUT2D eigenvalue weighted by molar-refractivity contribution is -0.114. The van der Waals surface area contributed by atoms with Crippen LogP contribution in [0.4, 0.5) is 11.4 Å². The number of anilines is 2. The third kappa shape index (κ3) is 6.20. The first-order valence-electron chi connectivity index (χ1n) is 11.2. The Morgan fingerprint density at radius 2 is 1.43 bits per heavy atom. The van der Waals surface area contributed by atoms with Crippen molar-refractivity contribution in [3.8, 4) is 0 Å². The van der Waals surface area contributed by atoms with Gasteiger partial charge in [0.25, 0.3) is 10.0 Å². The largest absolute Gasteiger partial charge is 0.324 e. The fourth-order valence-corrected chi connectivity index (χ4v) is 5.36. The van der Waals surface area contributed by atoms with Gasteiger partial charge in [0.1, 0.15) is 6.54 Å². The van der Waals surface area contributed by atoms with Gasteiger partial charge in [0.2, 0.25) is 5.91 Å². The van der Waals surface area contributed by atoms with Crippen molar-refractivity contribution in [2.24, 2.45) is 0 Å². The van der Waals surface area contributed by atoms with Gasteiger partial charge in [-0.05, 0) is 61.5 Å². The van der Waals surface area contributed by atoms with E-state index in [2.05, 4.69) is 5.32 Å². The number of hydrogen-bond acceptors (Lipinski definition) is 4. The minimum absolute atomic E-state index is 0.0345. The standard InChI is InChI=1S/C28H22Cl2N2O4S/c1-19-7-14-24(15-8-19)37(35,36)32(23-12-9-21(29)10-13-23)18-27(33)31-26-16-11-22(30)17-25(26)28(34)20-5-3-2-4-6-20/h2-17H,18H2,1H3,(H,31,33). The summed E-state index contributed by atoms with van der Waals surface area (Å²) in [5, 5.41) is 3.43. The van der Waals surface area contributed by atoms with E-state index in [4.69, 9.17) is 23.2 Å². The van der Waals surface area contributed by atoms with Crippen molar-refractivity contribution in [2.75, 3.05) is 16.2 Å². The predicted molar refractivity (Wildman–Crippen MR) is 147 cm³/mol. The summed E-state index contributed by atoms with van der Waals surface area (Å²) in [5.41, 5.74) is 1.98. The maximum atomic E-state index is 13.6. The molecule has 0 aliphatic carbocycles. The number of nitrogens with one attached hydrogen (secondary N) is 1. The quantitative estimate of drug-likeness (QED) is 0.257. The monoisotopic (exact) mass is 552 g/mol. The topological polar surface area (TPSA) is 83.6 Å². The zero-order valence-electron chi connectivity index (χ0n) is 19.7. The Morgan fingerprint density at radius 3 is 2.08 bits per heavy atom. The first kappa shape index (κ1) is 26.4. The summed E-state index contributed by atoms with van der Waals surface area (Å²) < 4.78 is 28.1. The van der Waals surface area contributed by atoms with Gasteiger partial charge in [-0.3, -0.25) is 13.9 Å². The minimum atomic E-state index is -4.11. The molecule has 0 spiro atoms. The van der Waals surface area contributed by atoms with Crippen LogP contribution in [-0.4, -0.2) is 26.7 Å². The maximum absolute atomic E-state index is 13.6. The molecule has 0 fully saturated rings. The molecule has 0 atom stereocenters. The van der Waals surface area contributed by atoms with Crippen molar-refractivity contribution >= 4 is 56.3 Å². The van der Waals surface area contributed by atoms with E-state index in [0.29, 0.717) is 15.6 Å². The number of aryl methyl sites for hydroxylation is 1. The van der Waals surface area contributed by atoms with Crippen molar-refractivity contribution in [1.82, 2.24) is 0 Å². The van der Waals surface area contributed by atoms with Gasteiger partial charge in [0.15, 0.2) is 5.78 Å². The Morgan fingerprint density at radius 1 is 0.811 bits per heavy atom. The molecule has 0 aliphatic rings. The van der Waals surface area contributed by atoms with Crippen LogP contribution in [0.2, 0.25) is 10.0 Å². The maximum Gasteiger partial charge on any atom is 0.264 e. The Balaban J connectivity index is 1.67. The van der Waals surface area contributed by atoms with E-state index in [-0.39, 0.29) is 27.6 Å². The highest BCUT2D eigenvalue weighted by Gasteiger charge is 2.28. The summed E-state index contributed by atoms with van der Waals surface area (Å²) in [6, 6.07) is 25.6. The molecule has 0 unspecified atom stereocenters. The van der Waals surface area contributed by atoms with E-state index >= 15 is 0 Å². The molecule has 1 amide bonds. The Labute approximate surface area is 225 Å². The van der Waals surface area contributed by atoms with E-state index in [1.165, 1.54) is 36.4 Å². The predicted octanol–water partition coefficient (Wildman–Crippen LogP) is 6.37. The normalized spacial score (nSPS) is 11.1. The van der Waals surface area contributed by atoms with E-state index in [0.717, 1.165) is 9.87 Å². The second-order valence-corrected chi connectivity index (χ2v) is 11.0. The Kier molecular flexibility index (Phi) is 7.97. The molecule has 1 N–H and O–H groups in total. The molecule has 188 valence electrons. The summed E-state index contributed by atoms with van der Waals surface area (Å²) in [4.78, 5) is 26.4. The zero-order chi connectivity index (χ0) is 26.6. The van der Waals surface area contributed by atoms with Gasteiger partial charge >= 0.3 is 0 Å². The number of carbonyl (C=O) groups excluding carboxylic acids is 2. The Hall–Kier alpha value is -3.65. The molecule has 4 aromatic carbocycles. The molecule has 0 aliphatic heterocycles. The second-order valence-electron chi connectivity index (χ2n) is 8.23. The number of carbonyl (C=O) groups is 2. The van der Waals surface area contributed by atoms with Crippen LogP contribution in [0.3, 0.4) is 0 Å². The summed E-state index contributed by atoms with van der Waals surface area (Å²) in [7, 11) is -4.11. The van der Waals surface area contributed by atoms with Crippen LogP contribution in [0.5, 0.6) is 0 Å². The van der Waals surface area contributed by atoms with Crippen molar-refractivity contribution in [3.05, 3.63) is 124 Å². The average molecular weight is 553 g/mol. The fraction of sp³-hybridized carbons (Fsp3) is 0.0714. The molecule has 0 aromatic heterocycles. The van der Waals surface area contributed by atoms with Gasteiger partial charge in [0.05, 0.1) is 16.3 Å². The molecule has 0 bridgehead atoms. The minimum Gasteiger partial charge on any atom is -0.324 e. The molecule has 4 aromatic rings. The molecular formula is C28H22Cl2N2O4S. The lowest BCUT2D eigenvalue weighted by atomic mass is 10.0. The zero-order valence-corrected chi connectivity index (χ0v) is 22.0. The number of benzene rings is 4. The van der Waals surface area contributed by atoms with Crippen LogP contribution < -0.4 is 9.62 Å². The molecule has 0 heterocycles. The van der Waals surface area contributed by atoms with Crippen LogP contribution in [0.15, 0.2) is 102 Å². The van der Waals surface area contributed by atoms with Gasteiger partial charge in [-0.2, -0.15) is 0 Å². The number of ketones is 1. The van der Waals surface area contributed by atoms with Gasteiger partial charge in [-0.1, -0.05) is 71.2 Å². The van der Waals surface area contributed by atoms with E-state index in [1.54, 1.807) is 60.7 Å². The first-order chi connectivity index (χ1) is 17.6. The number of rotatable bonds is 8. The Bertz CT molecular complexity index is 1540. The molecule has 0 saturated heterocycles. The van der Waals surface area contributed by atoms with Crippen molar-refractivity contribution in [1.29, 1.82) is 0 Å². The van der Waals surface area contributed by atoms with Gasteiger partial charge in [-0.25, -0.2) is 8.42 Å². The number of hydrogen-bond donors (Lipinski definition) is 1. The number of halogens is 2. The van der Waals surface area contributed by atoms with Crippen LogP contribution in [0.25, 0.3) is 0 Å². The molecule has 6 nitrogen and oxygen atoms in total. The van der Waals surface area contributed by atoms with E-state index in [1.807, 2.05) is 6.92 Å². The highest BCUT2D eigenvalue weighted by molar-refractivity contribution is 7.92. The van der Waals surface area contributed by atoms with Crippen molar-refractivity contribution in [2.45, 2.75) is 11.8 Å². The third-order valence-electron chi connectivity index (χ3n) is 5.55. The highest BCUT2D eigenvalue weighted by Crippen LogP contribution is 2.27. The van der Waals surface area contributed by atoms with Crippen molar-refractivity contribution in [3.63, 3.8) is 0 Å². The second kappa shape index (κ2) is 11.2. The van der Waals surface area contributed by atoms with Gasteiger partial charge < -0.3 is 5.32 Å². The summed E-state index contributed by atoms with van der Waals surface area (Å²) in [6.07, 6.45) is 0. The first-order valence-corrected chi connectivity index (χ1v) is 13.4. The fourth-order valence-electron chi connectivity index (χ4n) is 3.64. The molecular weight excluding hydrogens is 531 g/mol. The van der Waals surface area contributed by atoms with Gasteiger partial charge in [0, 0.05) is 21.2 Å². The van der Waals surface area contributed by atoms with Crippen LogP contribution in [0, 0.1) is 6.92 Å². The van der Waals surface area contributed by atoms with Crippen molar-refractivity contribution < 1.29 is 18.0 Å². The molecule has 0 radical (unpaired) electrons. The van der Waals surface area contributed by atoms with E-state index < -0.39 is 22.5 Å². The third-order valence-corrected chi connectivity index (χ3v) is 7.82. The molecule has 9 heteroatoms. The van der Waals surface area contributed by atoms with Gasteiger partial charge in [-0.15, -0.1) is 0 Å². The molecule has 4 rings (SSSR count).